The van der Waals surface area contributed by atoms with Gasteiger partial charge in [0.25, 0.3) is 5.56 Å². The van der Waals surface area contributed by atoms with E-state index in [0.29, 0.717) is 35.2 Å². The maximum absolute atomic E-state index is 12.4. The van der Waals surface area contributed by atoms with E-state index in [1.54, 1.807) is 30.5 Å². The van der Waals surface area contributed by atoms with Gasteiger partial charge < -0.3 is 15.6 Å². The van der Waals surface area contributed by atoms with E-state index in [0.717, 1.165) is 16.5 Å². The fourth-order valence-corrected chi connectivity index (χ4v) is 3.18. The van der Waals surface area contributed by atoms with Crippen LogP contribution >= 0.6 is 11.6 Å². The predicted octanol–water partition coefficient (Wildman–Crippen LogP) is 3.03. The highest BCUT2D eigenvalue weighted by molar-refractivity contribution is 6.31. The molecule has 2 aromatic heterocycles. The lowest BCUT2D eigenvalue weighted by molar-refractivity contribution is -0.116. The molecule has 1 aliphatic heterocycles. The molecular formula is C18H16ClN5O2. The van der Waals surface area contributed by atoms with Gasteiger partial charge in [-0.05, 0) is 37.6 Å². The number of nitrogens with zero attached hydrogens (tertiary/aromatic N) is 2. The fourth-order valence-electron chi connectivity index (χ4n) is 3.00. The molecule has 1 aliphatic rings. The van der Waals surface area contributed by atoms with Gasteiger partial charge in [-0.25, -0.2) is 4.98 Å². The standard InChI is InChI=1S/C18H16ClN5O2/c1-9(13-7-11-6-12(19)3-4-14(11)22-17(13)26)21-18-20-8-10-2-5-15(25)23-16(10)24-18/h3-4,6-9H,2,5H2,1H3,(H,22,26)(H2,20,21,23,24,25). The van der Waals surface area contributed by atoms with E-state index in [-0.39, 0.29) is 17.5 Å². The minimum Gasteiger partial charge on any atom is -0.347 e. The summed E-state index contributed by atoms with van der Waals surface area (Å²) in [4.78, 5) is 35.4. The average molecular weight is 370 g/mol. The molecule has 0 bridgehead atoms. The largest absolute Gasteiger partial charge is 0.347 e. The van der Waals surface area contributed by atoms with Gasteiger partial charge in [0.1, 0.15) is 5.82 Å². The van der Waals surface area contributed by atoms with Crippen molar-refractivity contribution in [1.82, 2.24) is 15.0 Å². The van der Waals surface area contributed by atoms with Gasteiger partial charge in [0, 0.05) is 39.7 Å². The Bertz CT molecular complexity index is 1080. The Labute approximate surface area is 153 Å². The third-order valence-corrected chi connectivity index (χ3v) is 4.63. The number of nitrogens with one attached hydrogen (secondary N) is 3. The summed E-state index contributed by atoms with van der Waals surface area (Å²) in [6, 6.07) is 6.78. The van der Waals surface area contributed by atoms with Crippen LogP contribution in [0.4, 0.5) is 11.8 Å². The number of hydrogen-bond acceptors (Lipinski definition) is 5. The molecule has 1 amide bonds. The number of carbonyl (C=O) groups is 1. The van der Waals surface area contributed by atoms with E-state index in [9.17, 15) is 9.59 Å². The SMILES string of the molecule is CC(Nc1ncc2c(n1)NC(=O)CC2)c1cc2cc(Cl)ccc2[nH]c1=O. The third kappa shape index (κ3) is 3.13. The summed E-state index contributed by atoms with van der Waals surface area (Å²) in [5, 5.41) is 7.31. The van der Waals surface area contributed by atoms with E-state index in [1.807, 2.05) is 6.92 Å². The highest BCUT2D eigenvalue weighted by Gasteiger charge is 2.18. The van der Waals surface area contributed by atoms with Gasteiger partial charge in [0.05, 0.1) is 6.04 Å². The Morgan fingerprint density at radius 3 is 2.92 bits per heavy atom. The zero-order valence-corrected chi connectivity index (χ0v) is 14.7. The zero-order chi connectivity index (χ0) is 18.3. The Hall–Kier alpha value is -2.93. The number of pyridine rings is 1. The van der Waals surface area contributed by atoms with Crippen molar-refractivity contribution in [3.8, 4) is 0 Å². The van der Waals surface area contributed by atoms with Gasteiger partial charge in [0.2, 0.25) is 11.9 Å². The van der Waals surface area contributed by atoms with Crippen LogP contribution in [0.2, 0.25) is 5.02 Å². The first-order valence-electron chi connectivity index (χ1n) is 8.24. The van der Waals surface area contributed by atoms with Gasteiger partial charge >= 0.3 is 0 Å². The van der Waals surface area contributed by atoms with Crippen LogP contribution in [-0.2, 0) is 11.2 Å². The monoisotopic (exact) mass is 369 g/mol. The minimum absolute atomic E-state index is 0.0574. The van der Waals surface area contributed by atoms with Crippen molar-refractivity contribution in [2.45, 2.75) is 25.8 Å². The summed E-state index contributed by atoms with van der Waals surface area (Å²) < 4.78 is 0. The number of aromatic nitrogens is 3. The predicted molar refractivity (Wildman–Crippen MR) is 101 cm³/mol. The van der Waals surface area contributed by atoms with Gasteiger partial charge in [-0.1, -0.05) is 11.6 Å². The molecule has 0 saturated carbocycles. The van der Waals surface area contributed by atoms with Crippen molar-refractivity contribution >= 4 is 40.2 Å². The lowest BCUT2D eigenvalue weighted by Crippen LogP contribution is -2.23. The van der Waals surface area contributed by atoms with Crippen LogP contribution in [0.25, 0.3) is 10.9 Å². The number of halogens is 1. The van der Waals surface area contributed by atoms with Crippen molar-refractivity contribution in [2.75, 3.05) is 10.6 Å². The second-order valence-corrected chi connectivity index (χ2v) is 6.70. The van der Waals surface area contributed by atoms with E-state index in [1.165, 1.54) is 0 Å². The average Bonchev–Trinajstić information content (AvgIpc) is 2.61. The van der Waals surface area contributed by atoms with Gasteiger partial charge in [0.15, 0.2) is 0 Å². The molecule has 4 rings (SSSR count). The second-order valence-electron chi connectivity index (χ2n) is 6.27. The number of rotatable bonds is 3. The van der Waals surface area contributed by atoms with Crippen molar-refractivity contribution in [2.24, 2.45) is 0 Å². The Morgan fingerprint density at radius 1 is 1.23 bits per heavy atom. The maximum atomic E-state index is 12.4. The maximum Gasteiger partial charge on any atom is 0.253 e. The van der Waals surface area contributed by atoms with Crippen LogP contribution < -0.4 is 16.2 Å². The number of carbonyl (C=O) groups excluding carboxylic acids is 1. The van der Waals surface area contributed by atoms with Crippen LogP contribution in [0.1, 0.15) is 30.5 Å². The lowest BCUT2D eigenvalue weighted by atomic mass is 10.1. The highest BCUT2D eigenvalue weighted by atomic mass is 35.5. The summed E-state index contributed by atoms with van der Waals surface area (Å²) in [6.07, 6.45) is 2.76. The molecular weight excluding hydrogens is 354 g/mol. The van der Waals surface area contributed by atoms with Gasteiger partial charge in [-0.2, -0.15) is 4.98 Å². The number of aromatic amines is 1. The molecule has 8 heteroatoms. The molecule has 1 aromatic carbocycles. The number of benzene rings is 1. The summed E-state index contributed by atoms with van der Waals surface area (Å²) in [6.45, 7) is 1.85. The number of anilines is 2. The number of fused-ring (bicyclic) bond motifs is 2. The van der Waals surface area contributed by atoms with Crippen LogP contribution in [-0.4, -0.2) is 20.9 Å². The molecule has 7 nitrogen and oxygen atoms in total. The number of amides is 1. The minimum atomic E-state index is -0.334. The normalized spacial score (nSPS) is 14.6. The van der Waals surface area contributed by atoms with Crippen molar-refractivity contribution in [1.29, 1.82) is 0 Å². The number of H-pyrrole nitrogens is 1. The Morgan fingerprint density at radius 2 is 2.08 bits per heavy atom. The first-order valence-corrected chi connectivity index (χ1v) is 8.62. The molecule has 3 heterocycles. The van der Waals surface area contributed by atoms with Crippen LogP contribution in [0.15, 0.2) is 35.3 Å². The first-order chi connectivity index (χ1) is 12.5. The molecule has 1 unspecified atom stereocenters. The molecule has 1 atom stereocenters. The fraction of sp³-hybridized carbons (Fsp3) is 0.222. The summed E-state index contributed by atoms with van der Waals surface area (Å²) in [5.74, 6) is 0.812. The summed E-state index contributed by atoms with van der Waals surface area (Å²) in [5.41, 5.74) is 1.99. The topological polar surface area (TPSA) is 99.8 Å². The van der Waals surface area contributed by atoms with Crippen molar-refractivity contribution in [3.63, 3.8) is 0 Å². The van der Waals surface area contributed by atoms with Crippen LogP contribution in [0.3, 0.4) is 0 Å². The molecule has 132 valence electrons. The summed E-state index contributed by atoms with van der Waals surface area (Å²) in [7, 11) is 0. The zero-order valence-electron chi connectivity index (χ0n) is 14.0. The van der Waals surface area contributed by atoms with Crippen LogP contribution in [0.5, 0.6) is 0 Å². The van der Waals surface area contributed by atoms with Crippen LogP contribution in [0, 0.1) is 0 Å². The number of hydrogen-bond donors (Lipinski definition) is 3. The van der Waals surface area contributed by atoms with Gasteiger partial charge in [-0.15, -0.1) is 0 Å². The second kappa shape index (κ2) is 6.42. The Kier molecular flexibility index (Phi) is 4.08. The van der Waals surface area contributed by atoms with E-state index in [4.69, 9.17) is 11.6 Å². The van der Waals surface area contributed by atoms with E-state index < -0.39 is 0 Å². The molecule has 0 radical (unpaired) electrons. The molecule has 0 fully saturated rings. The molecule has 0 spiro atoms. The molecule has 0 saturated heterocycles. The van der Waals surface area contributed by atoms with E-state index >= 15 is 0 Å². The molecule has 26 heavy (non-hydrogen) atoms. The lowest BCUT2D eigenvalue weighted by Gasteiger charge is -2.18. The van der Waals surface area contributed by atoms with Gasteiger partial charge in [-0.3, -0.25) is 9.59 Å². The van der Waals surface area contributed by atoms with Crippen molar-refractivity contribution < 1.29 is 4.79 Å². The quantitative estimate of drug-likeness (QED) is 0.659. The smallest absolute Gasteiger partial charge is 0.253 e. The Balaban J connectivity index is 1.64. The molecule has 0 aliphatic carbocycles. The highest BCUT2D eigenvalue weighted by Crippen LogP contribution is 2.23. The molecule has 3 N–H and O–H groups in total. The van der Waals surface area contributed by atoms with E-state index in [2.05, 4.69) is 25.6 Å². The summed E-state index contributed by atoms with van der Waals surface area (Å²) >= 11 is 6.04. The molecule has 3 aromatic rings. The van der Waals surface area contributed by atoms with Crippen molar-refractivity contribution in [3.05, 3.63) is 57.0 Å². The first kappa shape index (κ1) is 16.5. The third-order valence-electron chi connectivity index (χ3n) is 4.39. The number of aryl methyl sites for hydroxylation is 1.